The van der Waals surface area contributed by atoms with Crippen LogP contribution >= 0.6 is 11.3 Å². The van der Waals surface area contributed by atoms with Crippen molar-refractivity contribution in [3.05, 3.63) is 51.2 Å². The molecule has 3 rings (SSSR count). The molecule has 0 unspecified atom stereocenters. The van der Waals surface area contributed by atoms with Gasteiger partial charge in [-0.1, -0.05) is 26.0 Å². The third-order valence-electron chi connectivity index (χ3n) is 3.81. The first-order valence-corrected chi connectivity index (χ1v) is 7.98. The predicted octanol–water partition coefficient (Wildman–Crippen LogP) is 4.61. The first-order chi connectivity index (χ1) is 9.63. The molecule has 1 aliphatic carbocycles. The Morgan fingerprint density at radius 1 is 1.20 bits per heavy atom. The van der Waals surface area contributed by atoms with E-state index in [1.54, 1.807) is 11.3 Å². The van der Waals surface area contributed by atoms with Crippen LogP contribution in [0.1, 0.15) is 51.9 Å². The third kappa shape index (κ3) is 2.63. The fraction of sp³-hybridized carbons (Fsp3) is 0.353. The first-order valence-electron chi connectivity index (χ1n) is 7.16. The van der Waals surface area contributed by atoms with Gasteiger partial charge in [-0.15, -0.1) is 11.3 Å². The van der Waals surface area contributed by atoms with Crippen LogP contribution in [0.15, 0.2) is 30.3 Å². The largest absolute Gasteiger partial charge is 0.321 e. The number of nitrogens with one attached hydrogen (secondary N) is 1. The second-order valence-electron chi connectivity index (χ2n) is 5.64. The maximum Gasteiger partial charge on any atom is 0.265 e. The van der Waals surface area contributed by atoms with Crippen LogP contribution in [0, 0.1) is 0 Å². The standard InChI is InChI=1S/C17H19NOS/c1-11(2)12-6-8-14(9-7-12)18-17(19)16-10-13-4-3-5-15(13)20-16/h6-11H,3-5H2,1-2H3,(H,18,19). The number of hydrogen-bond acceptors (Lipinski definition) is 2. The van der Waals surface area contributed by atoms with Gasteiger partial charge in [0.05, 0.1) is 4.88 Å². The van der Waals surface area contributed by atoms with Crippen molar-refractivity contribution in [1.29, 1.82) is 0 Å². The summed E-state index contributed by atoms with van der Waals surface area (Å²) >= 11 is 1.65. The zero-order valence-corrected chi connectivity index (χ0v) is 12.7. The highest BCUT2D eigenvalue weighted by Gasteiger charge is 2.18. The van der Waals surface area contributed by atoms with Gasteiger partial charge in [-0.05, 0) is 54.5 Å². The average Bonchev–Trinajstić information content (AvgIpc) is 2.99. The molecular weight excluding hydrogens is 266 g/mol. The van der Waals surface area contributed by atoms with Crippen LogP contribution in [0.25, 0.3) is 0 Å². The van der Waals surface area contributed by atoms with E-state index in [0.717, 1.165) is 23.4 Å². The normalized spacial score (nSPS) is 13.6. The molecule has 0 saturated carbocycles. The van der Waals surface area contributed by atoms with E-state index in [-0.39, 0.29) is 5.91 Å². The van der Waals surface area contributed by atoms with Gasteiger partial charge >= 0.3 is 0 Å². The Labute approximate surface area is 123 Å². The quantitative estimate of drug-likeness (QED) is 0.876. The number of hydrogen-bond donors (Lipinski definition) is 1. The second-order valence-corrected chi connectivity index (χ2v) is 6.78. The van der Waals surface area contributed by atoms with Crippen molar-refractivity contribution < 1.29 is 4.79 Å². The molecular formula is C17H19NOS. The minimum absolute atomic E-state index is 0.0155. The molecule has 3 heteroatoms. The van der Waals surface area contributed by atoms with E-state index < -0.39 is 0 Å². The monoisotopic (exact) mass is 285 g/mol. The number of thiophene rings is 1. The van der Waals surface area contributed by atoms with E-state index in [2.05, 4.69) is 37.4 Å². The highest BCUT2D eigenvalue weighted by Crippen LogP contribution is 2.31. The van der Waals surface area contributed by atoms with E-state index in [0.29, 0.717) is 5.92 Å². The Morgan fingerprint density at radius 3 is 2.60 bits per heavy atom. The number of rotatable bonds is 3. The molecule has 1 aromatic carbocycles. The summed E-state index contributed by atoms with van der Waals surface area (Å²) in [5.74, 6) is 0.529. The van der Waals surface area contributed by atoms with Crippen molar-refractivity contribution in [3.8, 4) is 0 Å². The molecule has 104 valence electrons. The molecule has 0 saturated heterocycles. The highest BCUT2D eigenvalue weighted by molar-refractivity contribution is 7.14. The maximum absolute atomic E-state index is 12.2. The molecule has 1 heterocycles. The summed E-state index contributed by atoms with van der Waals surface area (Å²) in [5.41, 5.74) is 3.53. The summed E-state index contributed by atoms with van der Waals surface area (Å²) in [6, 6.07) is 10.2. The van der Waals surface area contributed by atoms with Crippen LogP contribution in [0.5, 0.6) is 0 Å². The minimum Gasteiger partial charge on any atom is -0.321 e. The molecule has 2 aromatic rings. The van der Waals surface area contributed by atoms with Crippen molar-refractivity contribution >= 4 is 22.9 Å². The fourth-order valence-electron chi connectivity index (χ4n) is 2.58. The number of benzene rings is 1. The minimum atomic E-state index is 0.0155. The van der Waals surface area contributed by atoms with Gasteiger partial charge in [0.2, 0.25) is 0 Å². The fourth-order valence-corrected chi connectivity index (χ4v) is 3.73. The number of aryl methyl sites for hydroxylation is 2. The lowest BCUT2D eigenvalue weighted by Crippen LogP contribution is -2.10. The van der Waals surface area contributed by atoms with E-state index in [4.69, 9.17) is 0 Å². The number of anilines is 1. The van der Waals surface area contributed by atoms with Gasteiger partial charge in [0, 0.05) is 10.6 Å². The van der Waals surface area contributed by atoms with Crippen LogP contribution < -0.4 is 5.32 Å². The van der Waals surface area contributed by atoms with Crippen molar-refractivity contribution in [2.24, 2.45) is 0 Å². The second kappa shape index (κ2) is 5.41. The van der Waals surface area contributed by atoms with Crippen LogP contribution in [0.4, 0.5) is 5.69 Å². The van der Waals surface area contributed by atoms with Crippen LogP contribution in [-0.4, -0.2) is 5.91 Å². The molecule has 1 amide bonds. The molecule has 1 aromatic heterocycles. The molecule has 1 aliphatic rings. The van der Waals surface area contributed by atoms with Crippen molar-refractivity contribution in [2.45, 2.75) is 39.0 Å². The van der Waals surface area contributed by atoms with Gasteiger partial charge in [-0.25, -0.2) is 0 Å². The lowest BCUT2D eigenvalue weighted by Gasteiger charge is -2.07. The van der Waals surface area contributed by atoms with Crippen molar-refractivity contribution in [3.63, 3.8) is 0 Å². The summed E-state index contributed by atoms with van der Waals surface area (Å²) in [7, 11) is 0. The molecule has 0 radical (unpaired) electrons. The third-order valence-corrected chi connectivity index (χ3v) is 5.04. The molecule has 2 nitrogen and oxygen atoms in total. The lowest BCUT2D eigenvalue weighted by molar-refractivity contribution is 0.103. The molecule has 0 spiro atoms. The number of carbonyl (C=O) groups excluding carboxylic acids is 1. The summed E-state index contributed by atoms with van der Waals surface area (Å²) in [6.07, 6.45) is 3.50. The summed E-state index contributed by atoms with van der Waals surface area (Å²) in [6.45, 7) is 4.33. The molecule has 0 bridgehead atoms. The van der Waals surface area contributed by atoms with E-state index in [9.17, 15) is 4.79 Å². The van der Waals surface area contributed by atoms with Gasteiger partial charge in [0.25, 0.3) is 5.91 Å². The predicted molar refractivity (Wildman–Crippen MR) is 84.8 cm³/mol. The van der Waals surface area contributed by atoms with Crippen LogP contribution in [-0.2, 0) is 12.8 Å². The van der Waals surface area contributed by atoms with Gasteiger partial charge in [0.15, 0.2) is 0 Å². The van der Waals surface area contributed by atoms with Gasteiger partial charge in [-0.2, -0.15) is 0 Å². The highest BCUT2D eigenvalue weighted by atomic mass is 32.1. The zero-order chi connectivity index (χ0) is 14.1. The van der Waals surface area contributed by atoms with E-state index in [1.165, 1.54) is 22.4 Å². The Kier molecular flexibility index (Phi) is 3.62. The van der Waals surface area contributed by atoms with Crippen molar-refractivity contribution in [2.75, 3.05) is 5.32 Å². The molecule has 0 aliphatic heterocycles. The maximum atomic E-state index is 12.2. The SMILES string of the molecule is CC(C)c1ccc(NC(=O)c2cc3c(s2)CCC3)cc1. The molecule has 0 atom stereocenters. The van der Waals surface area contributed by atoms with Gasteiger partial charge in [0.1, 0.15) is 0 Å². The Bertz CT molecular complexity index is 603. The first kappa shape index (κ1) is 13.4. The smallest absolute Gasteiger partial charge is 0.265 e. The van der Waals surface area contributed by atoms with Crippen molar-refractivity contribution in [1.82, 2.24) is 0 Å². The molecule has 20 heavy (non-hydrogen) atoms. The number of amides is 1. The Hall–Kier alpha value is -1.61. The molecule has 1 N–H and O–H groups in total. The van der Waals surface area contributed by atoms with Crippen LogP contribution in [0.2, 0.25) is 0 Å². The van der Waals surface area contributed by atoms with Gasteiger partial charge < -0.3 is 5.32 Å². The van der Waals surface area contributed by atoms with Crippen LogP contribution in [0.3, 0.4) is 0 Å². The topological polar surface area (TPSA) is 29.1 Å². The Balaban J connectivity index is 1.71. The summed E-state index contributed by atoms with van der Waals surface area (Å²) in [4.78, 5) is 14.5. The molecule has 0 fully saturated rings. The number of fused-ring (bicyclic) bond motifs is 1. The van der Waals surface area contributed by atoms with E-state index >= 15 is 0 Å². The Morgan fingerprint density at radius 2 is 1.95 bits per heavy atom. The summed E-state index contributed by atoms with van der Waals surface area (Å²) in [5, 5.41) is 2.98. The summed E-state index contributed by atoms with van der Waals surface area (Å²) < 4.78 is 0. The lowest BCUT2D eigenvalue weighted by atomic mass is 10.0. The average molecular weight is 285 g/mol. The van der Waals surface area contributed by atoms with Gasteiger partial charge in [-0.3, -0.25) is 4.79 Å². The number of carbonyl (C=O) groups is 1. The zero-order valence-electron chi connectivity index (χ0n) is 11.9. The van der Waals surface area contributed by atoms with E-state index in [1.807, 2.05) is 12.1 Å².